The van der Waals surface area contributed by atoms with Crippen molar-refractivity contribution in [1.82, 2.24) is 10.6 Å². The molecule has 100 valence electrons. The number of benzene rings is 1. The van der Waals surface area contributed by atoms with Crippen molar-refractivity contribution in [3.8, 4) is 0 Å². The van der Waals surface area contributed by atoms with E-state index in [0.717, 1.165) is 32.1 Å². The van der Waals surface area contributed by atoms with Crippen LogP contribution in [0.4, 0.5) is 8.78 Å². The highest BCUT2D eigenvalue weighted by molar-refractivity contribution is 5.18. The molecule has 1 saturated heterocycles. The highest BCUT2D eigenvalue weighted by Gasteiger charge is 2.12. The molecule has 0 spiro atoms. The van der Waals surface area contributed by atoms with E-state index in [9.17, 15) is 8.78 Å². The summed E-state index contributed by atoms with van der Waals surface area (Å²) < 4.78 is 26.0. The molecular formula is C14H20F2N2. The van der Waals surface area contributed by atoms with E-state index in [1.165, 1.54) is 25.0 Å². The third kappa shape index (κ3) is 4.03. The van der Waals surface area contributed by atoms with Gasteiger partial charge in [-0.2, -0.15) is 0 Å². The smallest absolute Gasteiger partial charge is 0.129 e. The fourth-order valence-corrected chi connectivity index (χ4v) is 2.35. The molecule has 1 aliphatic heterocycles. The zero-order valence-electron chi connectivity index (χ0n) is 10.5. The average molecular weight is 254 g/mol. The van der Waals surface area contributed by atoms with Gasteiger partial charge in [0.2, 0.25) is 0 Å². The molecule has 1 atom stereocenters. The Hall–Kier alpha value is -1.00. The largest absolute Gasteiger partial charge is 0.316 e. The van der Waals surface area contributed by atoms with Crippen LogP contribution in [0.2, 0.25) is 0 Å². The maximum absolute atomic E-state index is 13.3. The molecule has 1 aliphatic rings. The Morgan fingerprint density at radius 2 is 2.17 bits per heavy atom. The van der Waals surface area contributed by atoms with E-state index in [2.05, 4.69) is 10.6 Å². The quantitative estimate of drug-likeness (QED) is 0.761. The molecule has 0 radical (unpaired) electrons. The van der Waals surface area contributed by atoms with Crippen LogP contribution in [0, 0.1) is 11.6 Å². The van der Waals surface area contributed by atoms with Crippen molar-refractivity contribution in [2.24, 2.45) is 0 Å². The Kier molecular flexibility index (Phi) is 5.08. The van der Waals surface area contributed by atoms with E-state index in [1.54, 1.807) is 0 Å². The van der Waals surface area contributed by atoms with E-state index in [4.69, 9.17) is 0 Å². The van der Waals surface area contributed by atoms with Gasteiger partial charge >= 0.3 is 0 Å². The van der Waals surface area contributed by atoms with Crippen LogP contribution in [0.5, 0.6) is 0 Å². The summed E-state index contributed by atoms with van der Waals surface area (Å²) in [5, 5.41) is 6.74. The highest BCUT2D eigenvalue weighted by atomic mass is 19.1. The first-order valence-corrected chi connectivity index (χ1v) is 6.64. The second kappa shape index (κ2) is 6.81. The van der Waals surface area contributed by atoms with Crippen LogP contribution < -0.4 is 10.6 Å². The lowest BCUT2D eigenvalue weighted by Crippen LogP contribution is -2.28. The summed E-state index contributed by atoms with van der Waals surface area (Å²) in [4.78, 5) is 0. The van der Waals surface area contributed by atoms with Crippen LogP contribution in [0.3, 0.4) is 0 Å². The average Bonchev–Trinajstić information content (AvgIpc) is 2.84. The van der Waals surface area contributed by atoms with Gasteiger partial charge in [-0.05, 0) is 56.9 Å². The first-order chi connectivity index (χ1) is 8.75. The molecule has 0 saturated carbocycles. The summed E-state index contributed by atoms with van der Waals surface area (Å²) in [6.07, 6.45) is 4.25. The van der Waals surface area contributed by atoms with Crippen molar-refractivity contribution in [1.29, 1.82) is 0 Å². The van der Waals surface area contributed by atoms with Crippen LogP contribution in [-0.4, -0.2) is 25.7 Å². The van der Waals surface area contributed by atoms with E-state index in [0.29, 0.717) is 18.0 Å². The molecule has 2 rings (SSSR count). The topological polar surface area (TPSA) is 24.1 Å². The summed E-state index contributed by atoms with van der Waals surface area (Å²) in [6.45, 7) is 2.81. The van der Waals surface area contributed by atoms with Crippen molar-refractivity contribution >= 4 is 0 Å². The maximum atomic E-state index is 13.3. The number of rotatable bonds is 6. The predicted octanol–water partition coefficient (Wildman–Crippen LogP) is 2.24. The van der Waals surface area contributed by atoms with Gasteiger partial charge in [-0.3, -0.25) is 0 Å². The molecule has 1 fully saturated rings. The van der Waals surface area contributed by atoms with Gasteiger partial charge in [0, 0.05) is 12.1 Å². The molecule has 2 N–H and O–H groups in total. The number of nitrogens with one attached hydrogen (secondary N) is 2. The monoisotopic (exact) mass is 254 g/mol. The van der Waals surface area contributed by atoms with Gasteiger partial charge in [-0.1, -0.05) is 6.07 Å². The van der Waals surface area contributed by atoms with Crippen molar-refractivity contribution < 1.29 is 8.78 Å². The summed E-state index contributed by atoms with van der Waals surface area (Å²) in [5.41, 5.74) is 0.572. The fourth-order valence-electron chi connectivity index (χ4n) is 2.35. The minimum Gasteiger partial charge on any atom is -0.316 e. The maximum Gasteiger partial charge on any atom is 0.129 e. The number of hydrogen-bond donors (Lipinski definition) is 2. The molecule has 1 aromatic carbocycles. The Balaban J connectivity index is 1.62. The standard InChI is InChI=1S/C14H20F2N2/c15-12-4-3-11(14(16)10-12)5-8-17-9-6-13-2-1-7-18-13/h3-4,10,13,17-18H,1-2,5-9H2. The minimum absolute atomic E-state index is 0.450. The lowest BCUT2D eigenvalue weighted by molar-refractivity contribution is 0.521. The highest BCUT2D eigenvalue weighted by Crippen LogP contribution is 2.10. The first kappa shape index (κ1) is 13.4. The van der Waals surface area contributed by atoms with Crippen LogP contribution >= 0.6 is 0 Å². The summed E-state index contributed by atoms with van der Waals surface area (Å²) in [6, 6.07) is 4.41. The Labute approximate surface area is 107 Å². The summed E-state index contributed by atoms with van der Waals surface area (Å²) >= 11 is 0. The summed E-state index contributed by atoms with van der Waals surface area (Å²) in [5.74, 6) is -0.967. The van der Waals surface area contributed by atoms with Gasteiger partial charge in [0.25, 0.3) is 0 Å². The van der Waals surface area contributed by atoms with Crippen LogP contribution in [0.25, 0.3) is 0 Å². The Bertz CT molecular complexity index is 376. The van der Waals surface area contributed by atoms with E-state index in [1.807, 2.05) is 0 Å². The molecular weight excluding hydrogens is 234 g/mol. The SMILES string of the molecule is Fc1ccc(CCNCCC2CCCN2)c(F)c1. The van der Waals surface area contributed by atoms with Crippen molar-refractivity contribution in [2.75, 3.05) is 19.6 Å². The number of hydrogen-bond acceptors (Lipinski definition) is 2. The molecule has 0 bridgehead atoms. The van der Waals surface area contributed by atoms with Gasteiger partial charge in [0.05, 0.1) is 0 Å². The van der Waals surface area contributed by atoms with E-state index >= 15 is 0 Å². The molecule has 18 heavy (non-hydrogen) atoms. The van der Waals surface area contributed by atoms with Crippen molar-refractivity contribution in [2.45, 2.75) is 31.7 Å². The third-order valence-electron chi connectivity index (χ3n) is 3.42. The fraction of sp³-hybridized carbons (Fsp3) is 0.571. The van der Waals surface area contributed by atoms with Crippen LogP contribution in [0.1, 0.15) is 24.8 Å². The molecule has 0 aliphatic carbocycles. The van der Waals surface area contributed by atoms with E-state index < -0.39 is 11.6 Å². The zero-order valence-corrected chi connectivity index (χ0v) is 10.5. The van der Waals surface area contributed by atoms with Gasteiger partial charge in [-0.25, -0.2) is 8.78 Å². The van der Waals surface area contributed by atoms with Crippen molar-refractivity contribution in [3.05, 3.63) is 35.4 Å². The molecule has 0 aromatic heterocycles. The normalized spacial score (nSPS) is 19.3. The van der Waals surface area contributed by atoms with Gasteiger partial charge in [-0.15, -0.1) is 0 Å². The van der Waals surface area contributed by atoms with Crippen molar-refractivity contribution in [3.63, 3.8) is 0 Å². The lowest BCUT2D eigenvalue weighted by Gasteiger charge is -2.10. The number of halogens is 2. The van der Waals surface area contributed by atoms with E-state index in [-0.39, 0.29) is 0 Å². The second-order valence-electron chi connectivity index (χ2n) is 4.82. The second-order valence-corrected chi connectivity index (χ2v) is 4.82. The Morgan fingerprint density at radius 1 is 1.28 bits per heavy atom. The molecule has 1 aromatic rings. The minimum atomic E-state index is -0.517. The lowest BCUT2D eigenvalue weighted by atomic mass is 10.1. The van der Waals surface area contributed by atoms with Crippen LogP contribution in [-0.2, 0) is 6.42 Å². The molecule has 1 heterocycles. The van der Waals surface area contributed by atoms with Gasteiger partial charge in [0.1, 0.15) is 11.6 Å². The molecule has 1 unspecified atom stereocenters. The molecule has 4 heteroatoms. The zero-order chi connectivity index (χ0) is 12.8. The Morgan fingerprint density at radius 3 is 2.89 bits per heavy atom. The first-order valence-electron chi connectivity index (χ1n) is 6.64. The van der Waals surface area contributed by atoms with Gasteiger partial charge in [0.15, 0.2) is 0 Å². The predicted molar refractivity (Wildman–Crippen MR) is 68.6 cm³/mol. The molecule has 2 nitrogen and oxygen atoms in total. The molecule has 0 amide bonds. The summed E-state index contributed by atoms with van der Waals surface area (Å²) in [7, 11) is 0. The van der Waals surface area contributed by atoms with Crippen LogP contribution in [0.15, 0.2) is 18.2 Å². The van der Waals surface area contributed by atoms with Gasteiger partial charge < -0.3 is 10.6 Å². The third-order valence-corrected chi connectivity index (χ3v) is 3.42.